The molecule has 0 fully saturated rings. The van der Waals surface area contributed by atoms with Crippen LogP contribution >= 0.6 is 11.6 Å². The van der Waals surface area contributed by atoms with Crippen LogP contribution in [0.1, 0.15) is 11.1 Å². The summed E-state index contributed by atoms with van der Waals surface area (Å²) in [6.07, 6.45) is 0. The third-order valence-corrected chi connectivity index (χ3v) is 4.52. The summed E-state index contributed by atoms with van der Waals surface area (Å²) in [5, 5.41) is 0.803. The van der Waals surface area contributed by atoms with Crippen molar-refractivity contribution in [1.29, 1.82) is 0 Å². The molecular weight excluding hydrogens is 292 g/mol. The first-order valence-corrected chi connectivity index (χ1v) is 7.72. The van der Waals surface area contributed by atoms with E-state index in [-0.39, 0.29) is 0 Å². The normalized spacial score (nSPS) is 12.3. The molecule has 0 atom stereocenters. The fraction of sp³-hybridized carbons (Fsp3) is 0.100. The van der Waals surface area contributed by atoms with Gasteiger partial charge in [-0.2, -0.15) is 0 Å². The molecule has 1 nitrogen and oxygen atoms in total. The van der Waals surface area contributed by atoms with E-state index in [1.54, 1.807) is 0 Å². The summed E-state index contributed by atoms with van der Waals surface area (Å²) < 4.78 is 5.81. The first-order valence-electron chi connectivity index (χ1n) is 7.34. The molecule has 22 heavy (non-hydrogen) atoms. The molecule has 1 aliphatic rings. The minimum Gasteiger partial charge on any atom is -0.488 e. The van der Waals surface area contributed by atoms with Gasteiger partial charge >= 0.3 is 0 Å². The lowest BCUT2D eigenvalue weighted by atomic mass is 9.92. The zero-order valence-electron chi connectivity index (χ0n) is 12.3. The molecule has 3 aromatic rings. The van der Waals surface area contributed by atoms with Gasteiger partial charge in [-0.3, -0.25) is 0 Å². The Kier molecular flexibility index (Phi) is 3.16. The van der Waals surface area contributed by atoms with Gasteiger partial charge in [-0.05, 0) is 24.1 Å². The lowest BCUT2D eigenvalue weighted by Gasteiger charge is -2.23. The van der Waals surface area contributed by atoms with E-state index in [1.165, 1.54) is 5.56 Å². The third-order valence-electron chi connectivity index (χ3n) is 4.13. The van der Waals surface area contributed by atoms with Crippen molar-refractivity contribution in [2.24, 2.45) is 0 Å². The van der Waals surface area contributed by atoms with Crippen molar-refractivity contribution in [3.05, 3.63) is 76.8 Å². The number of fused-ring (bicyclic) bond motifs is 3. The van der Waals surface area contributed by atoms with Gasteiger partial charge in [-0.25, -0.2) is 0 Å². The van der Waals surface area contributed by atoms with Crippen molar-refractivity contribution in [2.75, 3.05) is 0 Å². The molecule has 0 spiro atoms. The van der Waals surface area contributed by atoms with Crippen molar-refractivity contribution in [3.8, 4) is 28.0 Å². The van der Waals surface area contributed by atoms with Crippen LogP contribution in [0.25, 0.3) is 22.3 Å². The largest absolute Gasteiger partial charge is 0.488 e. The lowest BCUT2D eigenvalue weighted by molar-refractivity contribution is 0.302. The average Bonchev–Trinajstić information content (AvgIpc) is 2.56. The highest BCUT2D eigenvalue weighted by atomic mass is 35.5. The molecule has 0 unspecified atom stereocenters. The van der Waals surface area contributed by atoms with E-state index >= 15 is 0 Å². The SMILES string of the molecule is Cc1ccc(-c2ccc3c(c2Cl)-c2ccccc2OC3)cc1. The highest BCUT2D eigenvalue weighted by Crippen LogP contribution is 2.45. The fourth-order valence-electron chi connectivity index (χ4n) is 2.94. The zero-order chi connectivity index (χ0) is 15.1. The molecule has 3 aromatic carbocycles. The third kappa shape index (κ3) is 2.10. The van der Waals surface area contributed by atoms with Gasteiger partial charge in [0.05, 0.1) is 5.02 Å². The predicted molar refractivity (Wildman–Crippen MR) is 91.4 cm³/mol. The predicted octanol–water partition coefficient (Wildman–Crippen LogP) is 5.87. The maximum atomic E-state index is 6.77. The number of ether oxygens (including phenoxy) is 1. The van der Waals surface area contributed by atoms with Gasteiger partial charge in [0.25, 0.3) is 0 Å². The van der Waals surface area contributed by atoms with E-state index in [2.05, 4.69) is 49.4 Å². The summed E-state index contributed by atoms with van der Waals surface area (Å²) in [4.78, 5) is 0. The standard InChI is InChI=1S/C20H15ClO/c1-13-6-8-14(9-7-13)16-11-10-15-12-22-18-5-3-2-4-17(18)19(15)20(16)21/h2-11H,12H2,1H3. The summed E-state index contributed by atoms with van der Waals surface area (Å²) in [6.45, 7) is 2.66. The Morgan fingerprint density at radius 1 is 0.864 bits per heavy atom. The molecule has 108 valence electrons. The Morgan fingerprint density at radius 3 is 2.45 bits per heavy atom. The Bertz CT molecular complexity index is 850. The second-order valence-corrected chi connectivity index (χ2v) is 5.99. The van der Waals surface area contributed by atoms with Crippen molar-refractivity contribution in [3.63, 3.8) is 0 Å². The molecule has 2 heteroatoms. The molecule has 0 N–H and O–H groups in total. The molecule has 1 aliphatic heterocycles. The number of rotatable bonds is 1. The highest BCUT2D eigenvalue weighted by molar-refractivity contribution is 6.36. The minimum atomic E-state index is 0.570. The number of aryl methyl sites for hydroxylation is 1. The topological polar surface area (TPSA) is 9.23 Å². The van der Waals surface area contributed by atoms with Crippen molar-refractivity contribution >= 4 is 11.6 Å². The van der Waals surface area contributed by atoms with Crippen LogP contribution < -0.4 is 4.74 Å². The van der Waals surface area contributed by atoms with Gasteiger partial charge in [-0.1, -0.05) is 71.8 Å². The van der Waals surface area contributed by atoms with Gasteiger partial charge in [0.2, 0.25) is 0 Å². The summed E-state index contributed by atoms with van der Waals surface area (Å²) in [5.74, 6) is 0.901. The molecular formula is C20H15ClO. The number of para-hydroxylation sites is 1. The molecule has 0 aromatic heterocycles. The maximum Gasteiger partial charge on any atom is 0.127 e. The lowest BCUT2D eigenvalue weighted by Crippen LogP contribution is -2.06. The van der Waals surface area contributed by atoms with Gasteiger partial charge in [0.1, 0.15) is 12.4 Å². The Balaban J connectivity index is 1.94. The van der Waals surface area contributed by atoms with Crippen LogP contribution in [0.3, 0.4) is 0 Å². The number of benzene rings is 3. The van der Waals surface area contributed by atoms with Crippen LogP contribution in [0.2, 0.25) is 5.02 Å². The minimum absolute atomic E-state index is 0.570. The van der Waals surface area contributed by atoms with E-state index in [9.17, 15) is 0 Å². The second-order valence-electron chi connectivity index (χ2n) is 5.61. The number of hydrogen-bond acceptors (Lipinski definition) is 1. The van der Waals surface area contributed by atoms with Gasteiger partial charge in [0.15, 0.2) is 0 Å². The maximum absolute atomic E-state index is 6.77. The van der Waals surface area contributed by atoms with Crippen molar-refractivity contribution < 1.29 is 4.74 Å². The Morgan fingerprint density at radius 2 is 1.64 bits per heavy atom. The van der Waals surface area contributed by atoms with E-state index in [0.29, 0.717) is 6.61 Å². The second kappa shape index (κ2) is 5.19. The number of hydrogen-bond donors (Lipinski definition) is 0. The quantitative estimate of drug-likeness (QED) is 0.546. The molecule has 0 saturated carbocycles. The molecule has 0 amide bonds. The molecule has 0 radical (unpaired) electrons. The molecule has 4 rings (SSSR count). The first-order chi connectivity index (χ1) is 10.7. The van der Waals surface area contributed by atoms with Gasteiger partial charge in [-0.15, -0.1) is 0 Å². The van der Waals surface area contributed by atoms with E-state index in [4.69, 9.17) is 16.3 Å². The van der Waals surface area contributed by atoms with Gasteiger partial charge < -0.3 is 4.74 Å². The first kappa shape index (κ1) is 13.4. The van der Waals surface area contributed by atoms with Crippen LogP contribution in [0.5, 0.6) is 5.75 Å². The average molecular weight is 307 g/mol. The summed E-state index contributed by atoms with van der Waals surface area (Å²) >= 11 is 6.77. The van der Waals surface area contributed by atoms with Crippen molar-refractivity contribution in [1.82, 2.24) is 0 Å². The number of halogens is 1. The molecule has 1 heterocycles. The zero-order valence-corrected chi connectivity index (χ0v) is 13.0. The Hall–Kier alpha value is -2.25. The summed E-state index contributed by atoms with van der Waals surface area (Å²) in [6, 6.07) is 20.7. The van der Waals surface area contributed by atoms with Crippen LogP contribution in [-0.4, -0.2) is 0 Å². The van der Waals surface area contributed by atoms with E-state index in [0.717, 1.165) is 38.6 Å². The summed E-state index contributed by atoms with van der Waals surface area (Å²) in [7, 11) is 0. The molecule has 0 bridgehead atoms. The monoisotopic (exact) mass is 306 g/mol. The van der Waals surface area contributed by atoms with Crippen molar-refractivity contribution in [2.45, 2.75) is 13.5 Å². The van der Waals surface area contributed by atoms with Crippen LogP contribution in [0.15, 0.2) is 60.7 Å². The van der Waals surface area contributed by atoms with Gasteiger partial charge in [0, 0.05) is 16.7 Å². The van der Waals surface area contributed by atoms with Crippen LogP contribution in [0, 0.1) is 6.92 Å². The molecule has 0 saturated heterocycles. The van der Waals surface area contributed by atoms with Crippen LogP contribution in [0.4, 0.5) is 0 Å². The fourth-order valence-corrected chi connectivity index (χ4v) is 3.33. The highest BCUT2D eigenvalue weighted by Gasteiger charge is 2.21. The Labute approximate surface area is 135 Å². The molecule has 0 aliphatic carbocycles. The summed E-state index contributed by atoms with van der Waals surface area (Å²) in [5.41, 5.74) is 6.76. The van der Waals surface area contributed by atoms with Crippen LogP contribution in [-0.2, 0) is 6.61 Å². The van der Waals surface area contributed by atoms with E-state index in [1.807, 2.05) is 18.2 Å². The smallest absolute Gasteiger partial charge is 0.127 e. The van der Waals surface area contributed by atoms with E-state index < -0.39 is 0 Å².